The van der Waals surface area contributed by atoms with Gasteiger partial charge in [0.25, 0.3) is 5.91 Å². The van der Waals surface area contributed by atoms with Crippen molar-refractivity contribution in [3.8, 4) is 11.5 Å². The predicted octanol–water partition coefficient (Wildman–Crippen LogP) is 5.90. The first-order valence-corrected chi connectivity index (χ1v) is 9.96. The van der Waals surface area contributed by atoms with Gasteiger partial charge in [0.2, 0.25) is 0 Å². The molecule has 0 aromatic heterocycles. The van der Waals surface area contributed by atoms with Crippen molar-refractivity contribution in [2.75, 3.05) is 19.5 Å². The molecule has 1 amide bonds. The van der Waals surface area contributed by atoms with E-state index in [4.69, 9.17) is 21.1 Å². The standard InChI is InChI=1S/C22H20ClNO3S/c1-26-19-12-9-16(13-20(19)27-2)22(25)24-18-5-3-4-6-21(18)28-14-15-7-10-17(23)11-8-15/h3-13H,14H2,1-2H3,(H,24,25). The van der Waals surface area contributed by atoms with Crippen LogP contribution in [-0.4, -0.2) is 20.1 Å². The molecule has 0 radical (unpaired) electrons. The fourth-order valence-electron chi connectivity index (χ4n) is 2.61. The van der Waals surface area contributed by atoms with Crippen LogP contribution in [-0.2, 0) is 5.75 Å². The molecule has 0 aliphatic rings. The van der Waals surface area contributed by atoms with Crippen LogP contribution in [0.1, 0.15) is 15.9 Å². The van der Waals surface area contributed by atoms with Gasteiger partial charge in [0.15, 0.2) is 11.5 Å². The number of thioether (sulfide) groups is 1. The third-order valence-electron chi connectivity index (χ3n) is 4.09. The molecule has 6 heteroatoms. The van der Waals surface area contributed by atoms with Crippen LogP contribution < -0.4 is 14.8 Å². The number of anilines is 1. The van der Waals surface area contributed by atoms with Gasteiger partial charge < -0.3 is 14.8 Å². The number of halogens is 1. The minimum atomic E-state index is -0.208. The molecule has 0 aliphatic carbocycles. The fraction of sp³-hybridized carbons (Fsp3) is 0.136. The van der Waals surface area contributed by atoms with Crippen molar-refractivity contribution in [1.29, 1.82) is 0 Å². The number of rotatable bonds is 7. The van der Waals surface area contributed by atoms with Crippen molar-refractivity contribution in [1.82, 2.24) is 0 Å². The Labute approximate surface area is 173 Å². The van der Waals surface area contributed by atoms with Gasteiger partial charge in [0, 0.05) is 21.2 Å². The van der Waals surface area contributed by atoms with Gasteiger partial charge in [0.1, 0.15) is 0 Å². The maximum Gasteiger partial charge on any atom is 0.255 e. The number of carbonyl (C=O) groups is 1. The first-order valence-electron chi connectivity index (χ1n) is 8.60. The second-order valence-electron chi connectivity index (χ2n) is 5.94. The van der Waals surface area contributed by atoms with Crippen LogP contribution in [0, 0.1) is 0 Å². The molecule has 0 atom stereocenters. The lowest BCUT2D eigenvalue weighted by molar-refractivity contribution is 0.102. The number of hydrogen-bond donors (Lipinski definition) is 1. The van der Waals surface area contributed by atoms with Crippen molar-refractivity contribution in [2.24, 2.45) is 0 Å². The predicted molar refractivity (Wildman–Crippen MR) is 115 cm³/mol. The second-order valence-corrected chi connectivity index (χ2v) is 7.39. The van der Waals surface area contributed by atoms with E-state index in [1.54, 1.807) is 44.2 Å². The number of benzene rings is 3. The molecule has 4 nitrogen and oxygen atoms in total. The Hall–Kier alpha value is -2.63. The second kappa shape index (κ2) is 9.53. The summed E-state index contributed by atoms with van der Waals surface area (Å²) in [4.78, 5) is 13.7. The molecule has 0 bridgehead atoms. The SMILES string of the molecule is COc1ccc(C(=O)Nc2ccccc2SCc2ccc(Cl)cc2)cc1OC. The number of nitrogens with one attached hydrogen (secondary N) is 1. The van der Waals surface area contributed by atoms with Gasteiger partial charge in [-0.05, 0) is 48.0 Å². The number of para-hydroxylation sites is 1. The van der Waals surface area contributed by atoms with Gasteiger partial charge in [-0.1, -0.05) is 35.9 Å². The zero-order valence-electron chi connectivity index (χ0n) is 15.6. The summed E-state index contributed by atoms with van der Waals surface area (Å²) in [7, 11) is 3.11. The van der Waals surface area contributed by atoms with E-state index in [1.807, 2.05) is 48.5 Å². The molecule has 0 spiro atoms. The summed E-state index contributed by atoms with van der Waals surface area (Å²) in [6, 6.07) is 20.6. The van der Waals surface area contributed by atoms with Crippen molar-refractivity contribution < 1.29 is 14.3 Å². The van der Waals surface area contributed by atoms with Crippen LogP contribution in [0.4, 0.5) is 5.69 Å². The van der Waals surface area contributed by atoms with Gasteiger partial charge in [-0.3, -0.25) is 4.79 Å². The van der Waals surface area contributed by atoms with Crippen LogP contribution >= 0.6 is 23.4 Å². The molecular weight excluding hydrogens is 394 g/mol. The quantitative estimate of drug-likeness (QED) is 0.490. The van der Waals surface area contributed by atoms with Crippen LogP contribution in [0.2, 0.25) is 5.02 Å². The molecule has 0 saturated heterocycles. The summed E-state index contributed by atoms with van der Waals surface area (Å²) in [5, 5.41) is 3.70. The van der Waals surface area contributed by atoms with Crippen LogP contribution in [0.5, 0.6) is 11.5 Å². The largest absolute Gasteiger partial charge is 0.493 e. The van der Waals surface area contributed by atoms with Gasteiger partial charge in [-0.2, -0.15) is 0 Å². The molecule has 0 unspecified atom stereocenters. The fourth-order valence-corrected chi connectivity index (χ4v) is 3.70. The Morgan fingerprint density at radius 3 is 2.39 bits per heavy atom. The number of amides is 1. The van der Waals surface area contributed by atoms with Gasteiger partial charge >= 0.3 is 0 Å². The smallest absolute Gasteiger partial charge is 0.255 e. The molecule has 3 rings (SSSR count). The van der Waals surface area contributed by atoms with Crippen LogP contribution in [0.3, 0.4) is 0 Å². The average molecular weight is 414 g/mol. The Morgan fingerprint density at radius 2 is 1.68 bits per heavy atom. The monoisotopic (exact) mass is 413 g/mol. The molecular formula is C22H20ClNO3S. The Kier molecular flexibility index (Phi) is 6.85. The van der Waals surface area contributed by atoms with Crippen molar-refractivity contribution in [2.45, 2.75) is 10.6 Å². The topological polar surface area (TPSA) is 47.6 Å². The van der Waals surface area contributed by atoms with Gasteiger partial charge in [0.05, 0.1) is 19.9 Å². The molecule has 0 heterocycles. The summed E-state index contributed by atoms with van der Waals surface area (Å²) in [5.41, 5.74) is 2.42. The third kappa shape index (κ3) is 5.00. The van der Waals surface area contributed by atoms with Crippen molar-refractivity contribution in [3.63, 3.8) is 0 Å². The zero-order chi connectivity index (χ0) is 19.9. The van der Waals surface area contributed by atoms with Gasteiger partial charge in [-0.25, -0.2) is 0 Å². The van der Waals surface area contributed by atoms with E-state index in [9.17, 15) is 4.79 Å². The molecule has 3 aromatic rings. The Balaban J connectivity index is 1.73. The van der Waals surface area contributed by atoms with E-state index in [2.05, 4.69) is 5.32 Å². The molecule has 3 aromatic carbocycles. The first kappa shape index (κ1) is 20.1. The first-order chi connectivity index (χ1) is 13.6. The number of carbonyl (C=O) groups excluding carboxylic acids is 1. The lowest BCUT2D eigenvalue weighted by atomic mass is 10.2. The molecule has 1 N–H and O–H groups in total. The van der Waals surface area contributed by atoms with E-state index in [-0.39, 0.29) is 5.91 Å². The van der Waals surface area contributed by atoms with E-state index in [1.165, 1.54) is 0 Å². The highest BCUT2D eigenvalue weighted by molar-refractivity contribution is 7.98. The highest BCUT2D eigenvalue weighted by Gasteiger charge is 2.13. The third-order valence-corrected chi connectivity index (χ3v) is 5.49. The number of methoxy groups -OCH3 is 2. The molecule has 28 heavy (non-hydrogen) atoms. The van der Waals surface area contributed by atoms with Gasteiger partial charge in [-0.15, -0.1) is 11.8 Å². The minimum Gasteiger partial charge on any atom is -0.493 e. The molecule has 0 saturated carbocycles. The van der Waals surface area contributed by atoms with Crippen LogP contribution in [0.15, 0.2) is 71.6 Å². The summed E-state index contributed by atoms with van der Waals surface area (Å²) in [5.74, 6) is 1.67. The summed E-state index contributed by atoms with van der Waals surface area (Å²) in [6.45, 7) is 0. The van der Waals surface area contributed by atoms with E-state index in [0.717, 1.165) is 26.9 Å². The van der Waals surface area contributed by atoms with Crippen molar-refractivity contribution >= 4 is 35.0 Å². The molecule has 144 valence electrons. The van der Waals surface area contributed by atoms with E-state index >= 15 is 0 Å². The zero-order valence-corrected chi connectivity index (χ0v) is 17.1. The molecule has 0 fully saturated rings. The summed E-state index contributed by atoms with van der Waals surface area (Å²) < 4.78 is 10.5. The van der Waals surface area contributed by atoms with E-state index < -0.39 is 0 Å². The lowest BCUT2D eigenvalue weighted by Gasteiger charge is -2.12. The maximum absolute atomic E-state index is 12.7. The highest BCUT2D eigenvalue weighted by atomic mass is 35.5. The number of ether oxygens (including phenoxy) is 2. The summed E-state index contributed by atoms with van der Waals surface area (Å²) >= 11 is 7.59. The lowest BCUT2D eigenvalue weighted by Crippen LogP contribution is -2.12. The number of hydrogen-bond acceptors (Lipinski definition) is 4. The highest BCUT2D eigenvalue weighted by Crippen LogP contribution is 2.31. The van der Waals surface area contributed by atoms with Crippen LogP contribution in [0.25, 0.3) is 0 Å². The minimum absolute atomic E-state index is 0.208. The van der Waals surface area contributed by atoms with Crippen molar-refractivity contribution in [3.05, 3.63) is 82.9 Å². The summed E-state index contributed by atoms with van der Waals surface area (Å²) in [6.07, 6.45) is 0. The Bertz CT molecular complexity index is 960. The van der Waals surface area contributed by atoms with E-state index in [0.29, 0.717) is 17.1 Å². The Morgan fingerprint density at radius 1 is 0.964 bits per heavy atom. The maximum atomic E-state index is 12.7. The normalized spacial score (nSPS) is 10.4. The average Bonchev–Trinajstić information content (AvgIpc) is 2.73. The molecule has 0 aliphatic heterocycles.